The quantitative estimate of drug-likeness (QED) is 0.782. The van der Waals surface area contributed by atoms with Crippen molar-refractivity contribution in [3.63, 3.8) is 0 Å². The summed E-state index contributed by atoms with van der Waals surface area (Å²) in [7, 11) is 1.94. The van der Waals surface area contributed by atoms with Crippen molar-refractivity contribution in [3.8, 4) is 0 Å². The van der Waals surface area contributed by atoms with Crippen LogP contribution in [0.25, 0.3) is 11.0 Å². The number of nitrogens with one attached hydrogen (secondary N) is 1. The minimum Gasteiger partial charge on any atom is -0.456 e. The van der Waals surface area contributed by atoms with Gasteiger partial charge in [0.05, 0.1) is 18.2 Å². The molecule has 0 spiro atoms. The Morgan fingerprint density at radius 1 is 1.43 bits per heavy atom. The third-order valence-electron chi connectivity index (χ3n) is 3.55. The summed E-state index contributed by atoms with van der Waals surface area (Å²) in [6, 6.07) is 6.71. The minimum absolute atomic E-state index is 0.135. The molecule has 0 amide bonds. The van der Waals surface area contributed by atoms with Crippen molar-refractivity contribution < 1.29 is 8.81 Å². The number of furan rings is 1. The third kappa shape index (κ3) is 2.56. The van der Waals surface area contributed by atoms with Crippen molar-refractivity contribution in [3.05, 3.63) is 54.1 Å². The molecule has 5 heteroatoms. The minimum atomic E-state index is -0.335. The largest absolute Gasteiger partial charge is 0.456 e. The van der Waals surface area contributed by atoms with Crippen LogP contribution in [-0.4, -0.2) is 16.1 Å². The zero-order valence-electron chi connectivity index (χ0n) is 12.1. The van der Waals surface area contributed by atoms with Gasteiger partial charge >= 0.3 is 0 Å². The number of hydrogen-bond donors (Lipinski definition) is 1. The Balaban J connectivity index is 2.05. The summed E-state index contributed by atoms with van der Waals surface area (Å²) < 4.78 is 21.5. The first-order chi connectivity index (χ1) is 10.2. The molecule has 1 N–H and O–H groups in total. The number of aryl methyl sites for hydroxylation is 1. The summed E-state index contributed by atoms with van der Waals surface area (Å²) in [5.74, 6) is 0.366. The summed E-state index contributed by atoms with van der Waals surface area (Å²) >= 11 is 0. The van der Waals surface area contributed by atoms with Gasteiger partial charge in [-0.05, 0) is 25.1 Å². The van der Waals surface area contributed by atoms with Gasteiger partial charge in [0.25, 0.3) is 0 Å². The highest BCUT2D eigenvalue weighted by molar-refractivity contribution is 5.78. The molecular weight excluding hydrogens is 269 g/mol. The molecule has 0 saturated carbocycles. The Hall–Kier alpha value is -2.14. The molecule has 3 aromatic rings. The fourth-order valence-corrected chi connectivity index (χ4v) is 2.47. The summed E-state index contributed by atoms with van der Waals surface area (Å²) in [6.07, 6.45) is 4.55. The van der Waals surface area contributed by atoms with Gasteiger partial charge < -0.3 is 14.3 Å². The fourth-order valence-electron chi connectivity index (χ4n) is 2.47. The normalized spacial score (nSPS) is 12.9. The van der Waals surface area contributed by atoms with Gasteiger partial charge in [0.15, 0.2) is 11.4 Å². The number of halogens is 1. The topological polar surface area (TPSA) is 43.0 Å². The van der Waals surface area contributed by atoms with Crippen LogP contribution in [0.15, 0.2) is 41.2 Å². The van der Waals surface area contributed by atoms with E-state index in [-0.39, 0.29) is 11.9 Å². The van der Waals surface area contributed by atoms with Crippen molar-refractivity contribution in [1.82, 2.24) is 14.9 Å². The second-order valence-electron chi connectivity index (χ2n) is 5.12. The van der Waals surface area contributed by atoms with Gasteiger partial charge in [-0.25, -0.2) is 9.37 Å². The van der Waals surface area contributed by atoms with E-state index in [0.717, 1.165) is 24.0 Å². The van der Waals surface area contributed by atoms with Crippen molar-refractivity contribution in [2.45, 2.75) is 19.4 Å². The first-order valence-electron chi connectivity index (χ1n) is 7.08. The lowest BCUT2D eigenvalue weighted by molar-refractivity contribution is 0.448. The van der Waals surface area contributed by atoms with E-state index in [1.807, 2.05) is 23.7 Å². The number of imidazole rings is 1. The Labute approximate surface area is 122 Å². The van der Waals surface area contributed by atoms with Gasteiger partial charge in [-0.3, -0.25) is 0 Å². The molecule has 0 aliphatic carbocycles. The van der Waals surface area contributed by atoms with Crippen LogP contribution in [0.1, 0.15) is 30.8 Å². The van der Waals surface area contributed by atoms with Crippen LogP contribution < -0.4 is 5.32 Å². The molecule has 3 rings (SSSR count). The van der Waals surface area contributed by atoms with Crippen molar-refractivity contribution in [2.24, 2.45) is 7.05 Å². The van der Waals surface area contributed by atoms with Gasteiger partial charge in [-0.1, -0.05) is 19.1 Å². The van der Waals surface area contributed by atoms with Crippen LogP contribution in [0.5, 0.6) is 0 Å². The molecule has 110 valence electrons. The first kappa shape index (κ1) is 13.8. The lowest BCUT2D eigenvalue weighted by Crippen LogP contribution is -2.24. The molecule has 2 heterocycles. The van der Waals surface area contributed by atoms with E-state index >= 15 is 0 Å². The summed E-state index contributed by atoms with van der Waals surface area (Å²) in [4.78, 5) is 4.15. The molecule has 1 atom stereocenters. The third-order valence-corrected chi connectivity index (χ3v) is 3.55. The maximum atomic E-state index is 13.8. The Kier molecular flexibility index (Phi) is 3.75. The number of fused-ring (bicyclic) bond motifs is 1. The smallest absolute Gasteiger partial charge is 0.169 e. The molecule has 1 unspecified atom stereocenters. The van der Waals surface area contributed by atoms with Gasteiger partial charge in [-0.2, -0.15) is 0 Å². The van der Waals surface area contributed by atoms with Gasteiger partial charge in [0.1, 0.15) is 11.8 Å². The van der Waals surface area contributed by atoms with Crippen molar-refractivity contribution >= 4 is 11.0 Å². The van der Waals surface area contributed by atoms with E-state index in [1.165, 1.54) is 6.07 Å². The lowest BCUT2D eigenvalue weighted by Gasteiger charge is -2.16. The molecule has 0 bridgehead atoms. The lowest BCUT2D eigenvalue weighted by atomic mass is 10.1. The Morgan fingerprint density at radius 2 is 2.29 bits per heavy atom. The van der Waals surface area contributed by atoms with Crippen LogP contribution in [0.3, 0.4) is 0 Å². The number of nitrogens with zero attached hydrogens (tertiary/aromatic N) is 2. The number of rotatable bonds is 5. The Morgan fingerprint density at radius 3 is 2.95 bits per heavy atom. The number of aromatic nitrogens is 2. The van der Waals surface area contributed by atoms with Crippen LogP contribution >= 0.6 is 0 Å². The van der Waals surface area contributed by atoms with E-state index in [0.29, 0.717) is 11.3 Å². The molecule has 0 aliphatic rings. The highest BCUT2D eigenvalue weighted by Crippen LogP contribution is 2.29. The molecule has 4 nitrogen and oxygen atoms in total. The monoisotopic (exact) mass is 287 g/mol. The predicted octanol–water partition coefficient (Wildman–Crippen LogP) is 3.39. The number of benzene rings is 1. The van der Waals surface area contributed by atoms with E-state index in [1.54, 1.807) is 18.6 Å². The Bertz CT molecular complexity index is 747. The van der Waals surface area contributed by atoms with E-state index in [4.69, 9.17) is 4.42 Å². The van der Waals surface area contributed by atoms with E-state index in [2.05, 4.69) is 17.2 Å². The van der Waals surface area contributed by atoms with Gasteiger partial charge in [0.2, 0.25) is 0 Å². The van der Waals surface area contributed by atoms with Crippen LogP contribution in [0.4, 0.5) is 4.39 Å². The SMILES string of the molecule is CCCNC(c1cc2cccc(F)c2o1)c1cncn1C. The molecule has 21 heavy (non-hydrogen) atoms. The maximum Gasteiger partial charge on any atom is 0.169 e. The molecule has 0 saturated heterocycles. The van der Waals surface area contributed by atoms with Gasteiger partial charge in [-0.15, -0.1) is 0 Å². The highest BCUT2D eigenvalue weighted by Gasteiger charge is 2.21. The molecule has 2 aromatic heterocycles. The first-order valence-corrected chi connectivity index (χ1v) is 7.08. The summed E-state index contributed by atoms with van der Waals surface area (Å²) in [5.41, 5.74) is 1.29. The molecule has 0 radical (unpaired) electrons. The second kappa shape index (κ2) is 5.69. The zero-order chi connectivity index (χ0) is 14.8. The number of para-hydroxylation sites is 1. The maximum absolute atomic E-state index is 13.8. The average molecular weight is 287 g/mol. The molecule has 0 aliphatic heterocycles. The summed E-state index contributed by atoms with van der Waals surface area (Å²) in [6.45, 7) is 2.95. The summed E-state index contributed by atoms with van der Waals surface area (Å²) in [5, 5.41) is 4.21. The highest BCUT2D eigenvalue weighted by atomic mass is 19.1. The molecular formula is C16H18FN3O. The van der Waals surface area contributed by atoms with Crippen LogP contribution in [0.2, 0.25) is 0 Å². The van der Waals surface area contributed by atoms with Crippen LogP contribution in [0, 0.1) is 5.82 Å². The van der Waals surface area contributed by atoms with Crippen molar-refractivity contribution in [2.75, 3.05) is 6.54 Å². The average Bonchev–Trinajstić information content (AvgIpc) is 3.07. The zero-order valence-corrected chi connectivity index (χ0v) is 12.1. The standard InChI is InChI=1S/C16H18FN3O/c1-3-7-19-15(13-9-18-10-20(13)2)14-8-11-5-4-6-12(17)16(11)21-14/h4-6,8-10,15,19H,3,7H2,1-2H3. The van der Waals surface area contributed by atoms with Gasteiger partial charge in [0, 0.05) is 12.4 Å². The fraction of sp³-hybridized carbons (Fsp3) is 0.312. The number of hydrogen-bond acceptors (Lipinski definition) is 3. The second-order valence-corrected chi connectivity index (χ2v) is 5.12. The van der Waals surface area contributed by atoms with Crippen molar-refractivity contribution in [1.29, 1.82) is 0 Å². The van der Waals surface area contributed by atoms with E-state index < -0.39 is 0 Å². The van der Waals surface area contributed by atoms with Crippen LogP contribution in [-0.2, 0) is 7.05 Å². The van der Waals surface area contributed by atoms with E-state index in [9.17, 15) is 4.39 Å². The predicted molar refractivity (Wildman–Crippen MR) is 79.5 cm³/mol. The molecule has 1 aromatic carbocycles. The molecule has 0 fully saturated rings.